The van der Waals surface area contributed by atoms with Gasteiger partial charge in [-0.2, -0.15) is 4.98 Å². The van der Waals surface area contributed by atoms with Crippen molar-refractivity contribution in [1.82, 2.24) is 19.5 Å². The molecule has 0 aliphatic carbocycles. The number of benzene rings is 1. The molecule has 2 heterocycles. The molecule has 13 heteroatoms. The van der Waals surface area contributed by atoms with Crippen LogP contribution in [-0.2, 0) is 36.2 Å². The van der Waals surface area contributed by atoms with Crippen molar-refractivity contribution in [3.63, 3.8) is 0 Å². The van der Waals surface area contributed by atoms with Gasteiger partial charge in [0.05, 0.1) is 32.8 Å². The Morgan fingerprint density at radius 2 is 2.03 bits per heavy atom. The molecule has 0 spiro atoms. The number of nitrogens with zero attached hydrogens (tertiary/aromatic N) is 3. The second-order valence-corrected chi connectivity index (χ2v) is 9.79. The first-order chi connectivity index (χ1) is 16.9. The Balaban J connectivity index is 1.59. The predicted octanol–water partition coefficient (Wildman–Crippen LogP) is 2.28. The molecule has 0 fully saturated rings. The van der Waals surface area contributed by atoms with Crippen LogP contribution < -0.4 is 11.3 Å². The number of fused-ring (bicyclic) bond motifs is 1. The van der Waals surface area contributed by atoms with E-state index in [0.29, 0.717) is 12.3 Å². The number of nitrogen functional groups attached to an aromatic ring is 1. The van der Waals surface area contributed by atoms with Crippen LogP contribution in [0.2, 0.25) is 0 Å². The van der Waals surface area contributed by atoms with E-state index in [1.54, 1.807) is 4.57 Å². The van der Waals surface area contributed by atoms with E-state index in [9.17, 15) is 14.5 Å². The number of H-pyrrole nitrogens is 1. The smallest absolute Gasteiger partial charge is 0.356 e. The Hall–Kier alpha value is -2.60. The molecule has 0 aliphatic rings. The van der Waals surface area contributed by atoms with Gasteiger partial charge in [-0.1, -0.05) is 43.7 Å². The molecule has 0 amide bonds. The van der Waals surface area contributed by atoms with Gasteiger partial charge in [0.25, 0.3) is 5.56 Å². The summed E-state index contributed by atoms with van der Waals surface area (Å²) in [6.45, 7) is 2.60. The molecule has 3 aromatic rings. The van der Waals surface area contributed by atoms with Crippen LogP contribution in [0.1, 0.15) is 25.3 Å². The van der Waals surface area contributed by atoms with Crippen molar-refractivity contribution in [3.05, 3.63) is 52.6 Å². The monoisotopic (exact) mass is 509 g/mol. The van der Waals surface area contributed by atoms with Crippen molar-refractivity contribution in [2.45, 2.75) is 39.0 Å². The van der Waals surface area contributed by atoms with Gasteiger partial charge >= 0.3 is 7.60 Å². The SMILES string of the molecule is CCCCOC(CO)COP(=O)(COCCn1cnc2c(=O)[nH]c(N)nc21)OCc1ccccc1. The van der Waals surface area contributed by atoms with Gasteiger partial charge in [0.1, 0.15) is 12.5 Å². The Labute approximate surface area is 202 Å². The van der Waals surface area contributed by atoms with Crippen LogP contribution >= 0.6 is 7.60 Å². The fraction of sp³-hybridized carbons (Fsp3) is 0.500. The standard InChI is InChI=1S/C22H32N5O7P/c1-2-3-10-32-18(12-28)14-34-35(30,33-13-17-7-5-4-6-8-17)16-31-11-9-27-15-24-19-20(27)25-22(23)26-21(19)29/h4-8,15,18,28H,2-3,9-14,16H2,1H3,(H3,23,25,26,29). The average Bonchev–Trinajstić information content (AvgIpc) is 3.26. The summed E-state index contributed by atoms with van der Waals surface area (Å²) in [5.74, 6) is -0.0167. The number of nitrogens with two attached hydrogens (primary N) is 1. The van der Waals surface area contributed by atoms with E-state index in [1.807, 2.05) is 37.3 Å². The Bertz CT molecular complexity index is 1150. The summed E-state index contributed by atoms with van der Waals surface area (Å²) in [6, 6.07) is 9.27. The summed E-state index contributed by atoms with van der Waals surface area (Å²) >= 11 is 0. The molecule has 2 unspecified atom stereocenters. The molecule has 1 aromatic carbocycles. The van der Waals surface area contributed by atoms with E-state index >= 15 is 0 Å². The van der Waals surface area contributed by atoms with Gasteiger partial charge in [0, 0.05) is 13.2 Å². The summed E-state index contributed by atoms with van der Waals surface area (Å²) in [7, 11) is -3.69. The molecule has 0 saturated carbocycles. The van der Waals surface area contributed by atoms with E-state index in [2.05, 4.69) is 15.0 Å². The number of hydrogen-bond acceptors (Lipinski definition) is 10. The lowest BCUT2D eigenvalue weighted by Gasteiger charge is -2.22. The Kier molecular flexibility index (Phi) is 10.4. The van der Waals surface area contributed by atoms with Gasteiger partial charge in [-0.05, 0) is 12.0 Å². The first-order valence-electron chi connectivity index (χ1n) is 11.4. The van der Waals surface area contributed by atoms with Gasteiger partial charge < -0.3 is 33.9 Å². The molecule has 12 nitrogen and oxygen atoms in total. The van der Waals surface area contributed by atoms with E-state index < -0.39 is 19.3 Å². The number of ether oxygens (including phenoxy) is 2. The molecule has 3 rings (SSSR count). The zero-order valence-electron chi connectivity index (χ0n) is 19.7. The maximum Gasteiger partial charge on any atom is 0.356 e. The highest BCUT2D eigenvalue weighted by Gasteiger charge is 2.27. The molecule has 192 valence electrons. The molecule has 0 bridgehead atoms. The third-order valence-corrected chi connectivity index (χ3v) is 6.57. The van der Waals surface area contributed by atoms with E-state index in [0.717, 1.165) is 18.4 Å². The van der Waals surface area contributed by atoms with Crippen LogP contribution in [0.5, 0.6) is 0 Å². The zero-order valence-corrected chi connectivity index (χ0v) is 20.6. The lowest BCUT2D eigenvalue weighted by atomic mass is 10.2. The van der Waals surface area contributed by atoms with Crippen molar-refractivity contribution in [2.75, 3.05) is 38.5 Å². The number of rotatable bonds is 16. The summed E-state index contributed by atoms with van der Waals surface area (Å²) in [5.41, 5.74) is 6.50. The van der Waals surface area contributed by atoms with Gasteiger partial charge in [0.2, 0.25) is 5.95 Å². The fourth-order valence-electron chi connectivity index (χ4n) is 3.08. The second-order valence-electron chi connectivity index (χ2n) is 7.79. The van der Waals surface area contributed by atoms with Crippen LogP contribution in [0.3, 0.4) is 0 Å². The number of unbranched alkanes of at least 4 members (excludes halogenated alkanes) is 1. The number of imidazole rings is 1. The van der Waals surface area contributed by atoms with Crippen LogP contribution in [-0.4, -0.2) is 63.5 Å². The number of hydrogen-bond donors (Lipinski definition) is 3. The van der Waals surface area contributed by atoms with Crippen molar-refractivity contribution in [3.8, 4) is 0 Å². The Morgan fingerprint density at radius 1 is 1.23 bits per heavy atom. The van der Waals surface area contributed by atoms with Gasteiger partial charge in [0.15, 0.2) is 11.2 Å². The molecular weight excluding hydrogens is 477 g/mol. The second kappa shape index (κ2) is 13.5. The largest absolute Gasteiger partial charge is 0.394 e. The number of nitrogens with one attached hydrogen (secondary N) is 1. The van der Waals surface area contributed by atoms with Crippen LogP contribution in [0.4, 0.5) is 5.95 Å². The lowest BCUT2D eigenvalue weighted by molar-refractivity contribution is -0.0199. The minimum atomic E-state index is -3.69. The fourth-order valence-corrected chi connectivity index (χ4v) is 4.39. The molecule has 35 heavy (non-hydrogen) atoms. The summed E-state index contributed by atoms with van der Waals surface area (Å²) in [4.78, 5) is 22.5. The summed E-state index contributed by atoms with van der Waals surface area (Å²) < 4.78 is 37.5. The number of aliphatic hydroxyl groups excluding tert-OH is 1. The van der Waals surface area contributed by atoms with Gasteiger partial charge in [-0.3, -0.25) is 14.3 Å². The number of aliphatic hydroxyl groups is 1. The molecule has 4 N–H and O–H groups in total. The first-order valence-corrected chi connectivity index (χ1v) is 13.1. The Morgan fingerprint density at radius 3 is 2.77 bits per heavy atom. The van der Waals surface area contributed by atoms with Gasteiger partial charge in [-0.15, -0.1) is 0 Å². The van der Waals surface area contributed by atoms with Crippen molar-refractivity contribution in [1.29, 1.82) is 0 Å². The quantitative estimate of drug-likeness (QED) is 0.193. The topological polar surface area (TPSA) is 164 Å². The normalized spacial score (nSPS) is 14.2. The number of aromatic amines is 1. The third kappa shape index (κ3) is 8.24. The number of anilines is 1. The third-order valence-electron chi connectivity index (χ3n) is 5.00. The highest BCUT2D eigenvalue weighted by Crippen LogP contribution is 2.49. The minimum Gasteiger partial charge on any atom is -0.394 e. The van der Waals surface area contributed by atoms with Crippen LogP contribution in [0.25, 0.3) is 11.2 Å². The van der Waals surface area contributed by atoms with Crippen LogP contribution in [0.15, 0.2) is 41.5 Å². The summed E-state index contributed by atoms with van der Waals surface area (Å²) in [5, 5.41) is 9.56. The highest BCUT2D eigenvalue weighted by atomic mass is 31.2. The maximum atomic E-state index is 13.4. The zero-order chi connectivity index (χ0) is 25.1. The van der Waals surface area contributed by atoms with Gasteiger partial charge in [-0.25, -0.2) is 4.98 Å². The molecule has 0 aliphatic heterocycles. The molecule has 0 saturated heterocycles. The van der Waals surface area contributed by atoms with E-state index in [-0.39, 0.29) is 50.8 Å². The molecular formula is C22H32N5O7P. The molecule has 0 radical (unpaired) electrons. The van der Waals surface area contributed by atoms with Crippen molar-refractivity contribution >= 4 is 24.7 Å². The maximum absolute atomic E-state index is 13.4. The van der Waals surface area contributed by atoms with Crippen molar-refractivity contribution < 1.29 is 28.2 Å². The number of aromatic nitrogens is 4. The molecule has 2 aromatic heterocycles. The van der Waals surface area contributed by atoms with Crippen LogP contribution in [0, 0.1) is 0 Å². The predicted molar refractivity (Wildman–Crippen MR) is 130 cm³/mol. The average molecular weight is 510 g/mol. The lowest BCUT2D eigenvalue weighted by Crippen LogP contribution is -2.24. The highest BCUT2D eigenvalue weighted by molar-refractivity contribution is 7.53. The van der Waals surface area contributed by atoms with E-state index in [1.165, 1.54) is 6.33 Å². The van der Waals surface area contributed by atoms with E-state index in [4.69, 9.17) is 24.3 Å². The molecule has 2 atom stereocenters. The minimum absolute atomic E-state index is 0.0167. The first kappa shape index (κ1) is 27.0. The van der Waals surface area contributed by atoms with Crippen molar-refractivity contribution in [2.24, 2.45) is 0 Å². The summed E-state index contributed by atoms with van der Waals surface area (Å²) in [6.07, 6.45) is 2.32.